The van der Waals surface area contributed by atoms with E-state index in [1.807, 2.05) is 0 Å². The monoisotopic (exact) mass is 148 g/mol. The topological polar surface area (TPSA) is 33.4 Å². The molecular weight excluding hydrogens is 140 g/mol. The third-order valence-corrected chi connectivity index (χ3v) is 1.16. The predicted molar refractivity (Wildman–Crippen MR) is 42.6 cm³/mol. The highest BCUT2D eigenvalue weighted by atomic mass is 16.3. The number of rotatable bonds is 2. The molecule has 1 heterocycles. The van der Waals surface area contributed by atoms with Gasteiger partial charge in [-0.3, -0.25) is 0 Å². The summed E-state index contributed by atoms with van der Waals surface area (Å²) in [4.78, 5) is 0. The minimum absolute atomic E-state index is 0.680. The lowest BCUT2D eigenvalue weighted by molar-refractivity contribution is 0.281. The van der Waals surface area contributed by atoms with Crippen LogP contribution >= 0.6 is 0 Å². The summed E-state index contributed by atoms with van der Waals surface area (Å²) in [7, 11) is 0. The van der Waals surface area contributed by atoms with Gasteiger partial charge in [0.2, 0.25) is 0 Å². The van der Waals surface area contributed by atoms with Gasteiger partial charge >= 0.3 is 0 Å². The third kappa shape index (κ3) is 2.32. The lowest BCUT2D eigenvalue weighted by Crippen LogP contribution is -1.94. The summed E-state index contributed by atoms with van der Waals surface area (Å²) in [5.41, 5.74) is 0. The van der Waals surface area contributed by atoms with Crippen LogP contribution in [0.2, 0.25) is 0 Å². The van der Waals surface area contributed by atoms with Gasteiger partial charge in [0.25, 0.3) is 0 Å². The van der Waals surface area contributed by atoms with Crippen LogP contribution in [0.5, 0.6) is 0 Å². The Morgan fingerprint density at radius 2 is 2.55 bits per heavy atom. The molecule has 1 aromatic rings. The van der Waals surface area contributed by atoms with Crippen molar-refractivity contribution in [1.29, 1.82) is 0 Å². The first-order valence-corrected chi connectivity index (χ1v) is 3.19. The molecular formula is C9H8O2. The maximum atomic E-state index is 8.89. The van der Waals surface area contributed by atoms with Gasteiger partial charge in [0, 0.05) is 0 Å². The Morgan fingerprint density at radius 3 is 3.09 bits per heavy atom. The highest BCUT2D eigenvalue weighted by molar-refractivity contribution is 5.43. The molecule has 0 saturated carbocycles. The minimum atomic E-state index is -0.833. The van der Waals surface area contributed by atoms with E-state index in [9.17, 15) is 0 Å². The summed E-state index contributed by atoms with van der Waals surface area (Å²) in [6.07, 6.45) is 8.77. The quantitative estimate of drug-likeness (QED) is 0.641. The Bertz CT molecular complexity index is 264. The number of furan rings is 1. The molecule has 0 aromatic carbocycles. The van der Waals surface area contributed by atoms with Gasteiger partial charge in [0.1, 0.15) is 11.9 Å². The summed E-state index contributed by atoms with van der Waals surface area (Å²) in [5, 5.41) is 8.89. The molecule has 1 aromatic heterocycles. The van der Waals surface area contributed by atoms with Crippen molar-refractivity contribution in [2.24, 2.45) is 0 Å². The molecule has 1 unspecified atom stereocenters. The van der Waals surface area contributed by atoms with E-state index in [4.69, 9.17) is 15.9 Å². The zero-order valence-corrected chi connectivity index (χ0v) is 5.90. The van der Waals surface area contributed by atoms with Gasteiger partial charge in [-0.05, 0) is 24.3 Å². The number of aliphatic hydroxyl groups excluding tert-OH is 1. The normalized spacial score (nSPS) is 13.1. The molecule has 0 aliphatic heterocycles. The van der Waals surface area contributed by atoms with Crippen LogP contribution in [0.25, 0.3) is 6.08 Å². The van der Waals surface area contributed by atoms with Crippen LogP contribution in [-0.4, -0.2) is 11.2 Å². The molecule has 1 N–H and O–H groups in total. The molecule has 0 aliphatic carbocycles. The first kappa shape index (κ1) is 7.64. The molecule has 2 nitrogen and oxygen atoms in total. The van der Waals surface area contributed by atoms with Crippen LogP contribution in [0.3, 0.4) is 0 Å². The van der Waals surface area contributed by atoms with Gasteiger partial charge in [-0.25, -0.2) is 0 Å². The lowest BCUT2D eigenvalue weighted by atomic mass is 10.3. The zero-order chi connectivity index (χ0) is 8.10. The zero-order valence-electron chi connectivity index (χ0n) is 5.90. The molecule has 1 rings (SSSR count). The Hall–Kier alpha value is -1.46. The summed E-state index contributed by atoms with van der Waals surface area (Å²) >= 11 is 0. The number of aliphatic hydroxyl groups is 1. The van der Waals surface area contributed by atoms with Crippen molar-refractivity contribution in [2.45, 2.75) is 6.10 Å². The Morgan fingerprint density at radius 1 is 1.73 bits per heavy atom. The van der Waals surface area contributed by atoms with Crippen LogP contribution in [0.15, 0.2) is 28.9 Å². The maximum absolute atomic E-state index is 8.89. The summed E-state index contributed by atoms with van der Waals surface area (Å²) in [6.45, 7) is 0. The van der Waals surface area contributed by atoms with E-state index in [0.717, 1.165) is 0 Å². The summed E-state index contributed by atoms with van der Waals surface area (Å²) in [5.74, 6) is 2.83. The number of hydrogen-bond acceptors (Lipinski definition) is 2. The lowest BCUT2D eigenvalue weighted by Gasteiger charge is -1.90. The minimum Gasteiger partial charge on any atom is -0.465 e. The molecule has 0 amide bonds. The standard InChI is InChI=1S/C9H8O2/c1-2-8(10)5-6-9-4-3-7-11-9/h1,3-8,10H/b6-5+. The van der Waals surface area contributed by atoms with E-state index < -0.39 is 6.10 Å². The van der Waals surface area contributed by atoms with Crippen molar-refractivity contribution in [2.75, 3.05) is 0 Å². The Balaban J connectivity index is 2.57. The van der Waals surface area contributed by atoms with E-state index in [2.05, 4.69) is 5.92 Å². The van der Waals surface area contributed by atoms with Gasteiger partial charge in [-0.1, -0.05) is 5.92 Å². The fraction of sp³-hybridized carbons (Fsp3) is 0.111. The molecule has 0 saturated heterocycles. The van der Waals surface area contributed by atoms with Gasteiger partial charge < -0.3 is 9.52 Å². The number of terminal acetylenes is 1. The molecule has 11 heavy (non-hydrogen) atoms. The predicted octanol–water partition coefficient (Wildman–Crippen LogP) is 1.29. The molecule has 0 aliphatic rings. The second-order valence-corrected chi connectivity index (χ2v) is 1.99. The van der Waals surface area contributed by atoms with Crippen LogP contribution in [0, 0.1) is 12.3 Å². The fourth-order valence-electron chi connectivity index (χ4n) is 0.628. The molecule has 2 heteroatoms. The smallest absolute Gasteiger partial charge is 0.133 e. The highest BCUT2D eigenvalue weighted by Gasteiger charge is 1.91. The van der Waals surface area contributed by atoms with Crippen molar-refractivity contribution < 1.29 is 9.52 Å². The van der Waals surface area contributed by atoms with Crippen LogP contribution in [0.4, 0.5) is 0 Å². The molecule has 0 spiro atoms. The van der Waals surface area contributed by atoms with Gasteiger partial charge in [0.05, 0.1) is 6.26 Å². The second-order valence-electron chi connectivity index (χ2n) is 1.99. The molecule has 0 bridgehead atoms. The average Bonchev–Trinajstić information content (AvgIpc) is 2.52. The van der Waals surface area contributed by atoms with Crippen LogP contribution in [0.1, 0.15) is 5.76 Å². The molecule has 56 valence electrons. The van der Waals surface area contributed by atoms with Crippen molar-refractivity contribution in [1.82, 2.24) is 0 Å². The van der Waals surface area contributed by atoms with E-state index in [1.54, 1.807) is 24.5 Å². The van der Waals surface area contributed by atoms with Crippen molar-refractivity contribution in [3.63, 3.8) is 0 Å². The Kier molecular flexibility index (Phi) is 2.53. The van der Waals surface area contributed by atoms with Crippen molar-refractivity contribution >= 4 is 6.08 Å². The van der Waals surface area contributed by atoms with E-state index in [-0.39, 0.29) is 0 Å². The summed E-state index contributed by atoms with van der Waals surface area (Å²) < 4.78 is 4.96. The third-order valence-electron chi connectivity index (χ3n) is 1.16. The fourth-order valence-corrected chi connectivity index (χ4v) is 0.628. The van der Waals surface area contributed by atoms with Gasteiger partial charge in [-0.2, -0.15) is 0 Å². The van der Waals surface area contributed by atoms with Crippen LogP contribution < -0.4 is 0 Å². The molecule has 0 radical (unpaired) electrons. The average molecular weight is 148 g/mol. The van der Waals surface area contributed by atoms with E-state index in [0.29, 0.717) is 5.76 Å². The van der Waals surface area contributed by atoms with Gasteiger partial charge in [-0.15, -0.1) is 6.42 Å². The van der Waals surface area contributed by atoms with Crippen LogP contribution in [-0.2, 0) is 0 Å². The largest absolute Gasteiger partial charge is 0.465 e. The van der Waals surface area contributed by atoms with Crippen molar-refractivity contribution in [3.8, 4) is 12.3 Å². The van der Waals surface area contributed by atoms with E-state index >= 15 is 0 Å². The van der Waals surface area contributed by atoms with Crippen molar-refractivity contribution in [3.05, 3.63) is 30.2 Å². The molecule has 0 fully saturated rings. The summed E-state index contributed by atoms with van der Waals surface area (Å²) in [6, 6.07) is 3.54. The Labute approximate surface area is 65.2 Å². The van der Waals surface area contributed by atoms with E-state index in [1.165, 1.54) is 6.08 Å². The SMILES string of the molecule is C#CC(O)/C=C/c1ccco1. The molecule has 1 atom stereocenters. The first-order chi connectivity index (χ1) is 5.33. The van der Waals surface area contributed by atoms with Gasteiger partial charge in [0.15, 0.2) is 0 Å². The maximum Gasteiger partial charge on any atom is 0.133 e. The number of hydrogen-bond donors (Lipinski definition) is 1. The first-order valence-electron chi connectivity index (χ1n) is 3.19. The highest BCUT2D eigenvalue weighted by Crippen LogP contribution is 2.02. The second kappa shape index (κ2) is 3.65.